The minimum atomic E-state index is -0.0704. The van der Waals surface area contributed by atoms with Gasteiger partial charge in [0.05, 0.1) is 22.3 Å². The first kappa shape index (κ1) is 16.6. The second-order valence-corrected chi connectivity index (χ2v) is 6.06. The molecular weight excluding hydrogens is 309 g/mol. The summed E-state index contributed by atoms with van der Waals surface area (Å²) in [7, 11) is 0. The molecule has 0 radical (unpaired) electrons. The molecule has 2 rings (SSSR count). The van der Waals surface area contributed by atoms with Gasteiger partial charge in [-0.15, -0.1) is 0 Å². The molecule has 1 aromatic rings. The molecule has 0 aliphatic carbocycles. The second-order valence-electron chi connectivity index (χ2n) is 5.27. The van der Waals surface area contributed by atoms with Crippen molar-refractivity contribution < 1.29 is 4.79 Å². The number of likely N-dealkylation sites (N-methyl/N-ethyl adjacent to an activating group) is 1. The zero-order chi connectivity index (χ0) is 15.2. The number of amides is 1. The largest absolute Gasteiger partial charge is 0.324 e. The van der Waals surface area contributed by atoms with Crippen molar-refractivity contribution in [2.45, 2.75) is 25.8 Å². The van der Waals surface area contributed by atoms with Gasteiger partial charge < -0.3 is 10.6 Å². The molecular formula is C15H21Cl2N3O. The normalized spacial score (nSPS) is 18.2. The molecule has 0 spiro atoms. The van der Waals surface area contributed by atoms with E-state index in [9.17, 15) is 4.79 Å². The van der Waals surface area contributed by atoms with Gasteiger partial charge in [0, 0.05) is 12.6 Å². The van der Waals surface area contributed by atoms with E-state index in [1.54, 1.807) is 18.2 Å². The van der Waals surface area contributed by atoms with E-state index in [0.29, 0.717) is 28.3 Å². The lowest BCUT2D eigenvalue weighted by molar-refractivity contribution is -0.117. The maximum atomic E-state index is 12.1. The van der Waals surface area contributed by atoms with E-state index in [4.69, 9.17) is 23.2 Å². The molecule has 1 heterocycles. The Labute approximate surface area is 135 Å². The summed E-state index contributed by atoms with van der Waals surface area (Å²) in [6.07, 6.45) is 2.39. The fourth-order valence-electron chi connectivity index (χ4n) is 2.52. The van der Waals surface area contributed by atoms with Gasteiger partial charge in [-0.1, -0.05) is 36.2 Å². The van der Waals surface area contributed by atoms with E-state index in [0.717, 1.165) is 19.6 Å². The number of nitrogens with one attached hydrogen (secondary N) is 2. The molecule has 1 aliphatic heterocycles. The summed E-state index contributed by atoms with van der Waals surface area (Å²) < 4.78 is 0. The highest BCUT2D eigenvalue weighted by molar-refractivity contribution is 6.43. The summed E-state index contributed by atoms with van der Waals surface area (Å²) in [5.74, 6) is -0.0704. The number of carbonyl (C=O) groups is 1. The first-order valence-electron chi connectivity index (χ1n) is 7.29. The van der Waals surface area contributed by atoms with Crippen LogP contribution in [0.4, 0.5) is 5.69 Å². The lowest BCUT2D eigenvalue weighted by atomic mass is 10.2. The highest BCUT2D eigenvalue weighted by atomic mass is 35.5. The molecule has 1 aromatic carbocycles. The highest BCUT2D eigenvalue weighted by Gasteiger charge is 2.19. The van der Waals surface area contributed by atoms with Gasteiger partial charge in [0.2, 0.25) is 5.91 Å². The first-order valence-corrected chi connectivity index (χ1v) is 8.05. The predicted octanol–water partition coefficient (Wildman–Crippen LogP) is 3.01. The average molecular weight is 330 g/mol. The van der Waals surface area contributed by atoms with Crippen molar-refractivity contribution in [1.82, 2.24) is 10.2 Å². The lowest BCUT2D eigenvalue weighted by Gasteiger charge is -2.23. The van der Waals surface area contributed by atoms with Crippen molar-refractivity contribution in [3.63, 3.8) is 0 Å². The van der Waals surface area contributed by atoms with Crippen LogP contribution in [0.15, 0.2) is 18.2 Å². The van der Waals surface area contributed by atoms with Crippen LogP contribution in [-0.2, 0) is 4.79 Å². The number of benzene rings is 1. The second kappa shape index (κ2) is 7.99. The van der Waals surface area contributed by atoms with Crippen molar-refractivity contribution in [2.24, 2.45) is 0 Å². The maximum absolute atomic E-state index is 12.1. The molecule has 4 nitrogen and oxygen atoms in total. The van der Waals surface area contributed by atoms with Gasteiger partial charge in [0.25, 0.3) is 0 Å². The van der Waals surface area contributed by atoms with Crippen LogP contribution in [0, 0.1) is 0 Å². The van der Waals surface area contributed by atoms with E-state index in [-0.39, 0.29) is 5.91 Å². The first-order chi connectivity index (χ1) is 10.1. The van der Waals surface area contributed by atoms with Gasteiger partial charge in [-0.2, -0.15) is 0 Å². The third-order valence-electron chi connectivity index (χ3n) is 3.68. The van der Waals surface area contributed by atoms with Gasteiger partial charge in [0.15, 0.2) is 0 Å². The number of hydrogen-bond acceptors (Lipinski definition) is 3. The van der Waals surface area contributed by atoms with Crippen molar-refractivity contribution in [2.75, 3.05) is 31.5 Å². The zero-order valence-electron chi connectivity index (χ0n) is 12.2. The molecule has 0 saturated carbocycles. The molecule has 1 amide bonds. The Hall–Kier alpha value is -0.810. The lowest BCUT2D eigenvalue weighted by Crippen LogP contribution is -2.41. The molecule has 1 unspecified atom stereocenters. The molecule has 1 atom stereocenters. The summed E-state index contributed by atoms with van der Waals surface area (Å²) in [5.41, 5.74) is 0.559. The van der Waals surface area contributed by atoms with Crippen molar-refractivity contribution in [1.29, 1.82) is 0 Å². The number of hydrogen-bond donors (Lipinski definition) is 2. The van der Waals surface area contributed by atoms with Crippen molar-refractivity contribution >= 4 is 34.8 Å². The minimum Gasteiger partial charge on any atom is -0.324 e. The van der Waals surface area contributed by atoms with Crippen LogP contribution < -0.4 is 10.6 Å². The van der Waals surface area contributed by atoms with E-state index < -0.39 is 0 Å². The molecule has 6 heteroatoms. The Morgan fingerprint density at radius 1 is 1.48 bits per heavy atom. The Balaban J connectivity index is 1.88. The maximum Gasteiger partial charge on any atom is 0.238 e. The van der Waals surface area contributed by atoms with Crippen LogP contribution in [0.2, 0.25) is 10.0 Å². The van der Waals surface area contributed by atoms with E-state index >= 15 is 0 Å². The molecule has 2 N–H and O–H groups in total. The fourth-order valence-corrected chi connectivity index (χ4v) is 2.87. The molecule has 1 saturated heterocycles. The summed E-state index contributed by atoms with van der Waals surface area (Å²) in [6, 6.07) is 5.71. The molecule has 1 aliphatic rings. The standard InChI is InChI=1S/C15H21Cl2N3O/c1-2-20(9-11-5-4-8-18-11)10-14(21)19-13-7-3-6-12(16)15(13)17/h3,6-7,11,18H,2,4-5,8-10H2,1H3,(H,19,21). The summed E-state index contributed by atoms with van der Waals surface area (Å²) in [5, 5.41) is 7.10. The Bertz CT molecular complexity index is 490. The van der Waals surface area contributed by atoms with Crippen molar-refractivity contribution in [3.05, 3.63) is 28.2 Å². The van der Waals surface area contributed by atoms with Crippen LogP contribution >= 0.6 is 23.2 Å². The third-order valence-corrected chi connectivity index (χ3v) is 4.50. The van der Waals surface area contributed by atoms with Crippen LogP contribution in [0.3, 0.4) is 0 Å². The Morgan fingerprint density at radius 3 is 2.95 bits per heavy atom. The summed E-state index contributed by atoms with van der Waals surface area (Å²) in [4.78, 5) is 14.3. The van der Waals surface area contributed by atoms with Crippen LogP contribution in [0.1, 0.15) is 19.8 Å². The monoisotopic (exact) mass is 329 g/mol. The van der Waals surface area contributed by atoms with E-state index in [1.165, 1.54) is 12.8 Å². The molecule has 1 fully saturated rings. The van der Waals surface area contributed by atoms with Crippen LogP contribution in [0.5, 0.6) is 0 Å². The van der Waals surface area contributed by atoms with Gasteiger partial charge in [0.1, 0.15) is 0 Å². The Morgan fingerprint density at radius 2 is 2.29 bits per heavy atom. The van der Waals surface area contributed by atoms with Crippen LogP contribution in [0.25, 0.3) is 0 Å². The fraction of sp³-hybridized carbons (Fsp3) is 0.533. The topological polar surface area (TPSA) is 44.4 Å². The smallest absolute Gasteiger partial charge is 0.238 e. The molecule has 0 aromatic heterocycles. The van der Waals surface area contributed by atoms with Crippen molar-refractivity contribution in [3.8, 4) is 0 Å². The van der Waals surface area contributed by atoms with E-state index in [2.05, 4.69) is 22.5 Å². The third kappa shape index (κ3) is 4.85. The number of anilines is 1. The molecule has 116 valence electrons. The van der Waals surface area contributed by atoms with Gasteiger partial charge in [-0.25, -0.2) is 0 Å². The summed E-state index contributed by atoms with van der Waals surface area (Å²) >= 11 is 12.0. The molecule has 0 bridgehead atoms. The zero-order valence-corrected chi connectivity index (χ0v) is 13.7. The predicted molar refractivity (Wildman–Crippen MR) is 88.2 cm³/mol. The number of rotatable bonds is 6. The quantitative estimate of drug-likeness (QED) is 0.843. The van der Waals surface area contributed by atoms with E-state index in [1.807, 2.05) is 0 Å². The number of halogens is 2. The summed E-state index contributed by atoms with van der Waals surface area (Å²) in [6.45, 7) is 5.24. The van der Waals surface area contributed by atoms with Gasteiger partial charge >= 0.3 is 0 Å². The average Bonchev–Trinajstić information content (AvgIpc) is 2.96. The Kier molecular flexibility index (Phi) is 6.30. The van der Waals surface area contributed by atoms with Gasteiger partial charge in [-0.05, 0) is 38.1 Å². The van der Waals surface area contributed by atoms with Gasteiger partial charge in [-0.3, -0.25) is 9.69 Å². The van der Waals surface area contributed by atoms with Crippen LogP contribution in [-0.4, -0.2) is 43.0 Å². The molecule has 21 heavy (non-hydrogen) atoms. The number of carbonyl (C=O) groups excluding carboxylic acids is 1. The minimum absolute atomic E-state index is 0.0704. The highest BCUT2D eigenvalue weighted by Crippen LogP contribution is 2.29. The SMILES string of the molecule is CCN(CC(=O)Nc1cccc(Cl)c1Cl)CC1CCCN1. The number of nitrogens with zero attached hydrogens (tertiary/aromatic N) is 1.